The number of aryl methyl sites for hydroxylation is 1. The van der Waals surface area contributed by atoms with E-state index in [0.29, 0.717) is 13.1 Å². The predicted molar refractivity (Wildman–Crippen MR) is 82.8 cm³/mol. The molecule has 0 bridgehead atoms. The molecule has 1 amide bonds. The number of amides is 1. The first kappa shape index (κ1) is 14.6. The van der Waals surface area contributed by atoms with Crippen molar-refractivity contribution in [2.75, 3.05) is 13.1 Å². The monoisotopic (exact) mass is 300 g/mol. The van der Waals surface area contributed by atoms with Crippen LogP contribution in [0, 0.1) is 6.92 Å². The largest absolute Gasteiger partial charge is 0.336 e. The fourth-order valence-corrected chi connectivity index (χ4v) is 2.91. The SMILES string of the molecule is Cc1ccc(C(=O)N2CCCC(n3cccn3)C2)c(=O)n1C. The summed E-state index contributed by atoms with van der Waals surface area (Å²) in [6.45, 7) is 3.13. The van der Waals surface area contributed by atoms with Crippen molar-refractivity contribution in [2.45, 2.75) is 25.8 Å². The molecule has 0 aliphatic carbocycles. The van der Waals surface area contributed by atoms with Gasteiger partial charge in [-0.1, -0.05) is 0 Å². The molecule has 0 radical (unpaired) electrons. The van der Waals surface area contributed by atoms with Gasteiger partial charge >= 0.3 is 0 Å². The van der Waals surface area contributed by atoms with E-state index in [1.54, 1.807) is 24.2 Å². The van der Waals surface area contributed by atoms with Gasteiger partial charge in [-0.05, 0) is 38.0 Å². The smallest absolute Gasteiger partial charge is 0.263 e. The van der Waals surface area contributed by atoms with Crippen LogP contribution in [0.1, 0.15) is 34.9 Å². The van der Waals surface area contributed by atoms with Gasteiger partial charge in [0.15, 0.2) is 0 Å². The molecule has 22 heavy (non-hydrogen) atoms. The van der Waals surface area contributed by atoms with E-state index in [1.807, 2.05) is 29.9 Å². The van der Waals surface area contributed by atoms with Crippen molar-refractivity contribution < 1.29 is 4.79 Å². The molecule has 1 fully saturated rings. The van der Waals surface area contributed by atoms with E-state index in [4.69, 9.17) is 0 Å². The minimum absolute atomic E-state index is 0.182. The number of pyridine rings is 1. The van der Waals surface area contributed by atoms with Crippen LogP contribution in [0.4, 0.5) is 0 Å². The Morgan fingerprint density at radius 3 is 2.91 bits per heavy atom. The second-order valence-corrected chi connectivity index (χ2v) is 5.79. The second kappa shape index (κ2) is 5.79. The molecule has 0 saturated carbocycles. The Labute approximate surface area is 129 Å². The molecule has 0 aromatic carbocycles. The summed E-state index contributed by atoms with van der Waals surface area (Å²) < 4.78 is 3.41. The zero-order chi connectivity index (χ0) is 15.7. The summed E-state index contributed by atoms with van der Waals surface area (Å²) in [5.41, 5.74) is 0.857. The van der Waals surface area contributed by atoms with Gasteiger partial charge in [0, 0.05) is 38.2 Å². The maximum absolute atomic E-state index is 12.7. The number of likely N-dealkylation sites (tertiary alicyclic amines) is 1. The third-order valence-electron chi connectivity index (χ3n) is 4.37. The number of aromatic nitrogens is 3. The summed E-state index contributed by atoms with van der Waals surface area (Å²) in [6.07, 6.45) is 5.58. The van der Waals surface area contributed by atoms with E-state index < -0.39 is 0 Å². The van der Waals surface area contributed by atoms with E-state index in [2.05, 4.69) is 5.10 Å². The van der Waals surface area contributed by atoms with Crippen LogP contribution >= 0.6 is 0 Å². The van der Waals surface area contributed by atoms with Crippen LogP contribution in [0.3, 0.4) is 0 Å². The summed E-state index contributed by atoms with van der Waals surface area (Å²) in [4.78, 5) is 26.7. The van der Waals surface area contributed by atoms with Crippen molar-refractivity contribution in [3.8, 4) is 0 Å². The van der Waals surface area contributed by atoms with Crippen LogP contribution < -0.4 is 5.56 Å². The number of carbonyl (C=O) groups excluding carboxylic acids is 1. The Hall–Kier alpha value is -2.37. The van der Waals surface area contributed by atoms with Gasteiger partial charge in [-0.2, -0.15) is 5.10 Å². The molecule has 1 aliphatic rings. The molecular weight excluding hydrogens is 280 g/mol. The van der Waals surface area contributed by atoms with Crippen molar-refractivity contribution in [3.63, 3.8) is 0 Å². The molecule has 116 valence electrons. The molecule has 2 aromatic heterocycles. The van der Waals surface area contributed by atoms with Gasteiger partial charge in [-0.3, -0.25) is 14.3 Å². The minimum atomic E-state index is -0.230. The highest BCUT2D eigenvalue weighted by molar-refractivity contribution is 5.94. The maximum Gasteiger partial charge on any atom is 0.263 e. The number of carbonyl (C=O) groups is 1. The number of nitrogens with zero attached hydrogens (tertiary/aromatic N) is 4. The molecule has 1 aliphatic heterocycles. The van der Waals surface area contributed by atoms with Gasteiger partial charge in [-0.15, -0.1) is 0 Å². The Kier molecular flexibility index (Phi) is 3.83. The maximum atomic E-state index is 12.7. The van der Waals surface area contributed by atoms with Gasteiger partial charge in [0.25, 0.3) is 11.5 Å². The lowest BCUT2D eigenvalue weighted by atomic mass is 10.0. The summed E-state index contributed by atoms with van der Waals surface area (Å²) >= 11 is 0. The number of piperidine rings is 1. The second-order valence-electron chi connectivity index (χ2n) is 5.79. The van der Waals surface area contributed by atoms with Crippen LogP contribution in [0.5, 0.6) is 0 Å². The molecule has 2 aromatic rings. The van der Waals surface area contributed by atoms with E-state index in [9.17, 15) is 9.59 Å². The molecule has 6 nitrogen and oxygen atoms in total. The van der Waals surface area contributed by atoms with Crippen LogP contribution in [0.25, 0.3) is 0 Å². The number of hydrogen-bond donors (Lipinski definition) is 0. The first-order valence-corrected chi connectivity index (χ1v) is 7.53. The lowest BCUT2D eigenvalue weighted by Gasteiger charge is -2.32. The minimum Gasteiger partial charge on any atom is -0.336 e. The van der Waals surface area contributed by atoms with Crippen LogP contribution in [-0.4, -0.2) is 38.2 Å². The zero-order valence-electron chi connectivity index (χ0n) is 12.9. The van der Waals surface area contributed by atoms with Crippen LogP contribution in [0.2, 0.25) is 0 Å². The van der Waals surface area contributed by atoms with E-state index in [-0.39, 0.29) is 23.1 Å². The first-order chi connectivity index (χ1) is 10.6. The summed E-state index contributed by atoms with van der Waals surface area (Å²) in [5.74, 6) is -0.183. The van der Waals surface area contributed by atoms with Gasteiger partial charge in [0.1, 0.15) is 5.56 Å². The molecule has 1 atom stereocenters. The van der Waals surface area contributed by atoms with Crippen molar-refractivity contribution in [1.82, 2.24) is 19.2 Å². The Bertz CT molecular complexity index is 733. The quantitative estimate of drug-likeness (QED) is 0.841. The number of hydrogen-bond acceptors (Lipinski definition) is 3. The van der Waals surface area contributed by atoms with E-state index in [0.717, 1.165) is 18.5 Å². The van der Waals surface area contributed by atoms with Crippen molar-refractivity contribution in [2.24, 2.45) is 7.05 Å². The van der Waals surface area contributed by atoms with Crippen molar-refractivity contribution >= 4 is 5.91 Å². The Balaban J connectivity index is 1.83. The van der Waals surface area contributed by atoms with Crippen molar-refractivity contribution in [1.29, 1.82) is 0 Å². The highest BCUT2D eigenvalue weighted by Gasteiger charge is 2.27. The molecule has 1 unspecified atom stereocenters. The van der Waals surface area contributed by atoms with Gasteiger partial charge in [0.05, 0.1) is 6.04 Å². The van der Waals surface area contributed by atoms with Crippen LogP contribution in [-0.2, 0) is 7.05 Å². The average Bonchev–Trinajstić information content (AvgIpc) is 3.07. The summed E-state index contributed by atoms with van der Waals surface area (Å²) in [6, 6.07) is 5.51. The molecule has 6 heteroatoms. The summed E-state index contributed by atoms with van der Waals surface area (Å²) in [7, 11) is 1.69. The zero-order valence-corrected chi connectivity index (χ0v) is 12.9. The highest BCUT2D eigenvalue weighted by Crippen LogP contribution is 2.21. The summed E-state index contributed by atoms with van der Waals surface area (Å²) in [5, 5.41) is 4.26. The van der Waals surface area contributed by atoms with Gasteiger partial charge in [-0.25, -0.2) is 0 Å². The molecule has 3 rings (SSSR count). The van der Waals surface area contributed by atoms with E-state index in [1.165, 1.54) is 4.57 Å². The lowest BCUT2D eigenvalue weighted by Crippen LogP contribution is -2.43. The van der Waals surface area contributed by atoms with Gasteiger partial charge < -0.3 is 9.47 Å². The molecule has 3 heterocycles. The average molecular weight is 300 g/mol. The Morgan fingerprint density at radius 1 is 1.36 bits per heavy atom. The molecular formula is C16H20N4O2. The standard InChI is InChI=1S/C16H20N4O2/c1-12-6-7-14(15(21)18(12)2)16(22)19-9-3-5-13(11-19)20-10-4-8-17-20/h4,6-8,10,13H,3,5,9,11H2,1-2H3. The molecule has 1 saturated heterocycles. The first-order valence-electron chi connectivity index (χ1n) is 7.53. The lowest BCUT2D eigenvalue weighted by molar-refractivity contribution is 0.0670. The van der Waals surface area contributed by atoms with Crippen molar-refractivity contribution in [3.05, 3.63) is 52.2 Å². The number of rotatable bonds is 2. The highest BCUT2D eigenvalue weighted by atomic mass is 16.2. The third-order valence-corrected chi connectivity index (χ3v) is 4.37. The Morgan fingerprint density at radius 2 is 2.18 bits per heavy atom. The molecule has 0 N–H and O–H groups in total. The third kappa shape index (κ3) is 2.56. The predicted octanol–water partition coefficient (Wildman–Crippen LogP) is 1.37. The fourth-order valence-electron chi connectivity index (χ4n) is 2.91. The fraction of sp³-hybridized carbons (Fsp3) is 0.438. The molecule has 0 spiro atoms. The van der Waals surface area contributed by atoms with E-state index >= 15 is 0 Å². The normalized spacial score (nSPS) is 18.5. The van der Waals surface area contributed by atoms with Crippen LogP contribution in [0.15, 0.2) is 35.4 Å². The van der Waals surface area contributed by atoms with Gasteiger partial charge in [0.2, 0.25) is 0 Å². The topological polar surface area (TPSA) is 60.1 Å².